The number of nitrogens with zero attached hydrogens (tertiary/aromatic N) is 1. The number of carboxylic acids is 1. The van der Waals surface area contributed by atoms with Crippen molar-refractivity contribution in [3.05, 3.63) is 59.2 Å². The maximum atomic E-state index is 11.1. The number of carboxylic acid groups (broad SMARTS) is 1. The molecule has 2 aromatic carbocycles. The Morgan fingerprint density at radius 2 is 1.74 bits per heavy atom. The molecular weight excluding hydrogens is 240 g/mol. The summed E-state index contributed by atoms with van der Waals surface area (Å²) in [6.07, 6.45) is 0. The van der Waals surface area contributed by atoms with E-state index in [0.29, 0.717) is 5.69 Å². The van der Waals surface area contributed by atoms with E-state index in [9.17, 15) is 4.79 Å². The molecule has 4 nitrogen and oxygen atoms in total. The number of benzene rings is 2. The Kier molecular flexibility index (Phi) is 2.63. The van der Waals surface area contributed by atoms with Gasteiger partial charge in [0.15, 0.2) is 0 Å². The molecule has 0 aromatic heterocycles. The molecule has 4 heteroatoms. The summed E-state index contributed by atoms with van der Waals surface area (Å²) in [5.41, 5.74) is 9.60. The SMILES string of the molecule is Nc1ccc(N2Cc3ccccc3C2)cc1C(=O)O. The van der Waals surface area contributed by atoms with Crippen molar-refractivity contribution in [2.45, 2.75) is 13.1 Å². The van der Waals surface area contributed by atoms with E-state index >= 15 is 0 Å². The van der Waals surface area contributed by atoms with Crippen LogP contribution in [0.5, 0.6) is 0 Å². The highest BCUT2D eigenvalue weighted by Crippen LogP contribution is 2.29. The largest absolute Gasteiger partial charge is 0.478 e. The standard InChI is InChI=1S/C15H14N2O2/c16-14-6-5-12(7-13(14)15(18)19)17-8-10-3-1-2-4-11(10)9-17/h1-7H,8-9,16H2,(H,18,19). The van der Waals surface area contributed by atoms with Gasteiger partial charge in [-0.25, -0.2) is 4.79 Å². The van der Waals surface area contributed by atoms with Crippen molar-refractivity contribution in [1.29, 1.82) is 0 Å². The summed E-state index contributed by atoms with van der Waals surface area (Å²) in [4.78, 5) is 13.3. The third-order valence-corrected chi connectivity index (χ3v) is 3.47. The van der Waals surface area contributed by atoms with E-state index in [0.717, 1.165) is 18.8 Å². The zero-order chi connectivity index (χ0) is 13.4. The lowest BCUT2D eigenvalue weighted by atomic mass is 10.1. The monoisotopic (exact) mass is 254 g/mol. The summed E-state index contributed by atoms with van der Waals surface area (Å²) in [7, 11) is 0. The Bertz CT molecular complexity index is 627. The second-order valence-electron chi connectivity index (χ2n) is 4.70. The quantitative estimate of drug-likeness (QED) is 0.808. The average molecular weight is 254 g/mol. The van der Waals surface area contributed by atoms with Crippen LogP contribution >= 0.6 is 0 Å². The average Bonchev–Trinajstić information content (AvgIpc) is 2.82. The minimum absolute atomic E-state index is 0.161. The topological polar surface area (TPSA) is 66.6 Å². The highest BCUT2D eigenvalue weighted by atomic mass is 16.4. The van der Waals surface area contributed by atoms with Gasteiger partial charge in [0.05, 0.1) is 5.56 Å². The molecule has 0 amide bonds. The third-order valence-electron chi connectivity index (χ3n) is 3.47. The normalized spacial score (nSPS) is 13.4. The summed E-state index contributed by atoms with van der Waals surface area (Å²) in [5, 5.41) is 9.11. The van der Waals surface area contributed by atoms with Crippen LogP contribution in [0.4, 0.5) is 11.4 Å². The first-order chi connectivity index (χ1) is 9.15. The molecule has 3 N–H and O–H groups in total. The molecule has 0 atom stereocenters. The smallest absolute Gasteiger partial charge is 0.337 e. The van der Waals surface area contributed by atoms with Crippen molar-refractivity contribution in [3.63, 3.8) is 0 Å². The van der Waals surface area contributed by atoms with E-state index in [2.05, 4.69) is 17.0 Å². The van der Waals surface area contributed by atoms with Gasteiger partial charge >= 0.3 is 5.97 Å². The van der Waals surface area contributed by atoms with E-state index in [-0.39, 0.29) is 5.56 Å². The van der Waals surface area contributed by atoms with Crippen LogP contribution in [0.15, 0.2) is 42.5 Å². The predicted molar refractivity (Wildman–Crippen MR) is 74.1 cm³/mol. The number of hydrogen-bond acceptors (Lipinski definition) is 3. The second kappa shape index (κ2) is 4.31. The molecule has 1 aliphatic heterocycles. The molecule has 96 valence electrons. The molecule has 1 aliphatic rings. The Morgan fingerprint density at radius 1 is 1.11 bits per heavy atom. The fraction of sp³-hybridized carbons (Fsp3) is 0.133. The van der Waals surface area contributed by atoms with Crippen molar-refractivity contribution in [2.75, 3.05) is 10.6 Å². The Labute approximate surface area is 111 Å². The Balaban J connectivity index is 1.93. The summed E-state index contributed by atoms with van der Waals surface area (Å²) in [6.45, 7) is 1.61. The molecule has 0 saturated heterocycles. The van der Waals surface area contributed by atoms with Crippen LogP contribution in [-0.4, -0.2) is 11.1 Å². The molecule has 3 rings (SSSR count). The number of carbonyl (C=O) groups is 1. The van der Waals surface area contributed by atoms with E-state index in [1.807, 2.05) is 18.2 Å². The number of anilines is 2. The van der Waals surface area contributed by atoms with Gasteiger partial charge in [-0.15, -0.1) is 0 Å². The molecule has 0 aliphatic carbocycles. The molecule has 0 saturated carbocycles. The molecule has 0 unspecified atom stereocenters. The minimum Gasteiger partial charge on any atom is -0.478 e. The maximum Gasteiger partial charge on any atom is 0.337 e. The molecule has 0 fully saturated rings. The number of aromatic carboxylic acids is 1. The summed E-state index contributed by atoms with van der Waals surface area (Å²) >= 11 is 0. The Hall–Kier alpha value is -2.49. The van der Waals surface area contributed by atoms with Crippen LogP contribution in [0.2, 0.25) is 0 Å². The van der Waals surface area contributed by atoms with Crippen molar-refractivity contribution in [3.8, 4) is 0 Å². The third kappa shape index (κ3) is 2.01. The van der Waals surface area contributed by atoms with Crippen LogP contribution in [0.1, 0.15) is 21.5 Å². The lowest BCUT2D eigenvalue weighted by molar-refractivity contribution is 0.0698. The predicted octanol–water partition coefficient (Wildman–Crippen LogP) is 2.49. The Morgan fingerprint density at radius 3 is 2.32 bits per heavy atom. The van der Waals surface area contributed by atoms with Gasteiger partial charge < -0.3 is 15.7 Å². The molecular formula is C15H14N2O2. The molecule has 19 heavy (non-hydrogen) atoms. The van der Waals surface area contributed by atoms with Crippen molar-refractivity contribution >= 4 is 17.3 Å². The lowest BCUT2D eigenvalue weighted by Crippen LogP contribution is -2.15. The van der Waals surface area contributed by atoms with Gasteiger partial charge in [0, 0.05) is 24.5 Å². The summed E-state index contributed by atoms with van der Waals surface area (Å²) < 4.78 is 0. The highest BCUT2D eigenvalue weighted by molar-refractivity contribution is 5.94. The molecule has 1 heterocycles. The first-order valence-electron chi connectivity index (χ1n) is 6.09. The van der Waals surface area contributed by atoms with Crippen LogP contribution in [0.3, 0.4) is 0 Å². The second-order valence-corrected chi connectivity index (χ2v) is 4.70. The van der Waals surface area contributed by atoms with Gasteiger partial charge in [-0.2, -0.15) is 0 Å². The number of hydrogen-bond donors (Lipinski definition) is 2. The fourth-order valence-corrected chi connectivity index (χ4v) is 2.44. The minimum atomic E-state index is -0.990. The van der Waals surface area contributed by atoms with Gasteiger partial charge in [0.2, 0.25) is 0 Å². The van der Waals surface area contributed by atoms with Gasteiger partial charge in [0.25, 0.3) is 0 Å². The van der Waals surface area contributed by atoms with E-state index in [1.54, 1.807) is 12.1 Å². The van der Waals surface area contributed by atoms with Gasteiger partial charge in [-0.1, -0.05) is 24.3 Å². The summed E-state index contributed by atoms with van der Waals surface area (Å²) in [6, 6.07) is 13.4. The first kappa shape index (κ1) is 11.6. The van der Waals surface area contributed by atoms with Crippen LogP contribution in [-0.2, 0) is 13.1 Å². The highest BCUT2D eigenvalue weighted by Gasteiger charge is 2.20. The number of fused-ring (bicyclic) bond motifs is 1. The van der Waals surface area contributed by atoms with Crippen LogP contribution in [0.25, 0.3) is 0 Å². The van der Waals surface area contributed by atoms with Crippen LogP contribution < -0.4 is 10.6 Å². The molecule has 0 spiro atoms. The fourth-order valence-electron chi connectivity index (χ4n) is 2.44. The van der Waals surface area contributed by atoms with E-state index < -0.39 is 5.97 Å². The van der Waals surface area contributed by atoms with Crippen molar-refractivity contribution in [2.24, 2.45) is 0 Å². The van der Waals surface area contributed by atoms with E-state index in [4.69, 9.17) is 10.8 Å². The van der Waals surface area contributed by atoms with Gasteiger partial charge in [-0.3, -0.25) is 0 Å². The molecule has 0 bridgehead atoms. The zero-order valence-corrected chi connectivity index (χ0v) is 10.3. The van der Waals surface area contributed by atoms with E-state index in [1.165, 1.54) is 11.1 Å². The number of nitrogens with two attached hydrogens (primary N) is 1. The molecule has 2 aromatic rings. The van der Waals surface area contributed by atoms with Crippen molar-refractivity contribution < 1.29 is 9.90 Å². The first-order valence-corrected chi connectivity index (χ1v) is 6.09. The summed E-state index contributed by atoms with van der Waals surface area (Å²) in [5.74, 6) is -0.990. The van der Waals surface area contributed by atoms with Crippen LogP contribution in [0, 0.1) is 0 Å². The number of nitrogen functional groups attached to an aromatic ring is 1. The van der Waals surface area contributed by atoms with Gasteiger partial charge in [-0.05, 0) is 29.3 Å². The molecule has 0 radical (unpaired) electrons. The van der Waals surface area contributed by atoms with Crippen molar-refractivity contribution in [1.82, 2.24) is 0 Å². The number of rotatable bonds is 2. The van der Waals surface area contributed by atoms with Gasteiger partial charge in [0.1, 0.15) is 0 Å². The zero-order valence-electron chi connectivity index (χ0n) is 10.3. The maximum absolute atomic E-state index is 11.1. The lowest BCUT2D eigenvalue weighted by Gasteiger charge is -2.18.